The molecule has 0 atom stereocenters. The van der Waals surface area contributed by atoms with Crippen LogP contribution in [0.1, 0.15) is 129 Å². The topological polar surface area (TPSA) is 7.76 Å². The van der Waals surface area contributed by atoms with E-state index in [2.05, 4.69) is 72.0 Å². The Balaban J connectivity index is 1.37. The molecule has 2 heterocycles. The molecular formula is C32H54N2+2. The number of hydrogen-bond acceptors (Lipinski definition) is 0. The highest BCUT2D eigenvalue weighted by molar-refractivity contribution is 5.60. The highest BCUT2D eigenvalue weighted by Gasteiger charge is 2.05. The van der Waals surface area contributed by atoms with Crippen molar-refractivity contribution in [2.75, 3.05) is 0 Å². The lowest BCUT2D eigenvalue weighted by molar-refractivity contribution is -0.697. The van der Waals surface area contributed by atoms with E-state index in [9.17, 15) is 0 Å². The average Bonchev–Trinajstić information content (AvgIpc) is 2.88. The van der Waals surface area contributed by atoms with Crippen LogP contribution >= 0.6 is 0 Å². The third kappa shape index (κ3) is 13.3. The largest absolute Gasteiger partial charge is 0.205 e. The van der Waals surface area contributed by atoms with E-state index in [1.165, 1.54) is 127 Å². The van der Waals surface area contributed by atoms with E-state index in [0.717, 1.165) is 13.1 Å². The Bertz CT molecular complexity index is 705. The van der Waals surface area contributed by atoms with Crippen LogP contribution in [0.5, 0.6) is 0 Å². The minimum Gasteiger partial charge on any atom is -0.205 e. The van der Waals surface area contributed by atoms with E-state index < -0.39 is 0 Å². The van der Waals surface area contributed by atoms with Crippen LogP contribution in [0, 0.1) is 0 Å². The van der Waals surface area contributed by atoms with E-state index in [-0.39, 0.29) is 0 Å². The Kier molecular flexibility index (Phi) is 16.4. The van der Waals surface area contributed by atoms with Crippen LogP contribution in [-0.4, -0.2) is 0 Å². The predicted octanol–water partition coefficient (Wildman–Crippen LogP) is 8.99. The van der Waals surface area contributed by atoms with Crippen LogP contribution in [0.2, 0.25) is 0 Å². The van der Waals surface area contributed by atoms with Crippen molar-refractivity contribution in [1.82, 2.24) is 0 Å². The first-order valence-corrected chi connectivity index (χ1v) is 14.8. The Morgan fingerprint density at radius 3 is 1.09 bits per heavy atom. The molecule has 0 N–H and O–H groups in total. The number of aromatic nitrogens is 2. The van der Waals surface area contributed by atoms with Crippen molar-refractivity contribution in [2.24, 2.45) is 0 Å². The molecule has 2 nitrogen and oxygen atoms in total. The quantitative estimate of drug-likeness (QED) is 0.128. The second-order valence-electron chi connectivity index (χ2n) is 10.3. The second-order valence-corrected chi connectivity index (χ2v) is 10.3. The van der Waals surface area contributed by atoms with Gasteiger partial charge in [-0.25, -0.2) is 9.13 Å². The normalized spacial score (nSPS) is 11.2. The monoisotopic (exact) mass is 466 g/mol. The Hall–Kier alpha value is -1.70. The number of unbranched alkanes of at least 4 members (excludes halogenated alkanes) is 17. The van der Waals surface area contributed by atoms with E-state index in [4.69, 9.17) is 0 Å². The average molecular weight is 467 g/mol. The molecule has 0 bridgehead atoms. The molecular weight excluding hydrogens is 412 g/mol. The molecule has 2 aromatic heterocycles. The van der Waals surface area contributed by atoms with Gasteiger partial charge in [-0.05, 0) is 24.5 Å². The van der Waals surface area contributed by atoms with Crippen LogP contribution in [0.3, 0.4) is 0 Å². The summed E-state index contributed by atoms with van der Waals surface area (Å²) < 4.78 is 4.54. The third-order valence-corrected chi connectivity index (χ3v) is 7.25. The lowest BCUT2D eigenvalue weighted by atomic mass is 10.0. The summed E-state index contributed by atoms with van der Waals surface area (Å²) in [4.78, 5) is 0. The molecule has 0 aromatic carbocycles. The van der Waals surface area contributed by atoms with Crippen molar-refractivity contribution < 1.29 is 9.13 Å². The van der Waals surface area contributed by atoms with E-state index >= 15 is 0 Å². The molecule has 2 heteroatoms. The molecule has 0 radical (unpaired) electrons. The molecule has 34 heavy (non-hydrogen) atoms. The van der Waals surface area contributed by atoms with Crippen molar-refractivity contribution in [3.8, 4) is 11.1 Å². The van der Waals surface area contributed by atoms with E-state index in [1.54, 1.807) is 0 Å². The molecule has 0 saturated carbocycles. The Labute approximate surface area is 211 Å². The van der Waals surface area contributed by atoms with Gasteiger partial charge in [0.2, 0.25) is 0 Å². The molecule has 2 aromatic rings. The number of nitrogens with zero attached hydrogens (tertiary/aromatic N) is 2. The van der Waals surface area contributed by atoms with Crippen molar-refractivity contribution in [3.05, 3.63) is 49.1 Å². The highest BCUT2D eigenvalue weighted by atomic mass is 14.9. The van der Waals surface area contributed by atoms with Gasteiger partial charge >= 0.3 is 0 Å². The summed E-state index contributed by atoms with van der Waals surface area (Å²) in [6.07, 6.45) is 34.6. The fourth-order valence-corrected chi connectivity index (χ4v) is 4.86. The van der Waals surface area contributed by atoms with Gasteiger partial charge < -0.3 is 0 Å². The summed E-state index contributed by atoms with van der Waals surface area (Å²) in [5.41, 5.74) is 2.60. The molecule has 0 aliphatic heterocycles. The van der Waals surface area contributed by atoms with E-state index in [0.29, 0.717) is 0 Å². The zero-order chi connectivity index (χ0) is 24.1. The standard InChI is InChI=1S/C32H54N2/c1-3-5-6-7-8-9-10-11-12-13-14-15-16-17-18-19-20-21-26-34-29-24-32(25-30-34)31-22-27-33(4-2)28-23-31/h22-25,27-30H,3-21,26H2,1-2H3/q+2. The second kappa shape index (κ2) is 19.6. The maximum atomic E-state index is 2.34. The minimum absolute atomic E-state index is 1.02. The van der Waals surface area contributed by atoms with Crippen LogP contribution in [0.4, 0.5) is 0 Å². The first kappa shape index (κ1) is 28.5. The van der Waals surface area contributed by atoms with Crippen LogP contribution in [0.15, 0.2) is 49.1 Å². The van der Waals surface area contributed by atoms with Gasteiger partial charge in [-0.2, -0.15) is 0 Å². The number of rotatable bonds is 21. The van der Waals surface area contributed by atoms with Gasteiger partial charge in [-0.3, -0.25) is 0 Å². The Morgan fingerprint density at radius 2 is 0.735 bits per heavy atom. The van der Waals surface area contributed by atoms with Gasteiger partial charge in [0.05, 0.1) is 0 Å². The minimum atomic E-state index is 1.02. The van der Waals surface area contributed by atoms with Crippen molar-refractivity contribution in [2.45, 2.75) is 143 Å². The summed E-state index contributed by atoms with van der Waals surface area (Å²) in [5.74, 6) is 0. The lowest BCUT2D eigenvalue weighted by Gasteiger charge is -2.04. The number of hydrogen-bond donors (Lipinski definition) is 0. The number of pyridine rings is 2. The first-order chi connectivity index (χ1) is 16.8. The first-order valence-electron chi connectivity index (χ1n) is 14.8. The fraction of sp³-hybridized carbons (Fsp3) is 0.688. The maximum Gasteiger partial charge on any atom is 0.169 e. The van der Waals surface area contributed by atoms with Crippen molar-refractivity contribution in [1.29, 1.82) is 0 Å². The number of aryl methyl sites for hydroxylation is 2. The molecule has 0 unspecified atom stereocenters. The molecule has 0 saturated heterocycles. The van der Waals surface area contributed by atoms with Crippen molar-refractivity contribution >= 4 is 0 Å². The van der Waals surface area contributed by atoms with Gasteiger partial charge in [-0.15, -0.1) is 0 Å². The summed E-state index contributed by atoms with van der Waals surface area (Å²) in [5, 5.41) is 0. The van der Waals surface area contributed by atoms with Gasteiger partial charge in [0.25, 0.3) is 0 Å². The van der Waals surface area contributed by atoms with Gasteiger partial charge in [-0.1, -0.05) is 110 Å². The summed E-state index contributed by atoms with van der Waals surface area (Å²) in [6.45, 7) is 6.64. The third-order valence-electron chi connectivity index (χ3n) is 7.25. The summed E-state index contributed by atoms with van der Waals surface area (Å²) >= 11 is 0. The van der Waals surface area contributed by atoms with Crippen molar-refractivity contribution in [3.63, 3.8) is 0 Å². The summed E-state index contributed by atoms with van der Waals surface area (Å²) in [6, 6.07) is 8.92. The van der Waals surface area contributed by atoms with Gasteiger partial charge in [0, 0.05) is 30.7 Å². The van der Waals surface area contributed by atoms with E-state index in [1.807, 2.05) is 0 Å². The molecule has 0 aliphatic carbocycles. The zero-order valence-corrected chi connectivity index (χ0v) is 22.7. The zero-order valence-electron chi connectivity index (χ0n) is 22.7. The Morgan fingerprint density at radius 1 is 0.412 bits per heavy atom. The molecule has 0 fully saturated rings. The van der Waals surface area contributed by atoms with Crippen LogP contribution in [0.25, 0.3) is 11.1 Å². The van der Waals surface area contributed by atoms with Gasteiger partial charge in [0.15, 0.2) is 24.8 Å². The SMILES string of the molecule is CCCCCCCCCCCCCCCCCCCC[n+]1ccc(-c2cc[n+](CC)cc2)cc1. The van der Waals surface area contributed by atoms with Crippen LogP contribution < -0.4 is 9.13 Å². The molecule has 0 amide bonds. The maximum absolute atomic E-state index is 2.34. The molecule has 0 spiro atoms. The molecule has 0 aliphatic rings. The molecule has 2 rings (SSSR count). The fourth-order valence-electron chi connectivity index (χ4n) is 4.86. The summed E-state index contributed by atoms with van der Waals surface area (Å²) in [7, 11) is 0. The predicted molar refractivity (Wildman–Crippen MR) is 147 cm³/mol. The smallest absolute Gasteiger partial charge is 0.169 e. The van der Waals surface area contributed by atoms with Crippen LogP contribution in [-0.2, 0) is 13.1 Å². The highest BCUT2D eigenvalue weighted by Crippen LogP contribution is 2.16. The lowest BCUT2D eigenvalue weighted by Crippen LogP contribution is -2.32. The molecule has 190 valence electrons. The van der Waals surface area contributed by atoms with Gasteiger partial charge in [0.1, 0.15) is 13.1 Å².